The van der Waals surface area contributed by atoms with E-state index in [1.165, 1.54) is 0 Å². The molecule has 0 aliphatic heterocycles. The summed E-state index contributed by atoms with van der Waals surface area (Å²) in [6.45, 7) is 6.53. The van der Waals surface area contributed by atoms with Crippen molar-refractivity contribution in [3.05, 3.63) is 0 Å². The molecule has 0 atom stereocenters. The van der Waals surface area contributed by atoms with Crippen LogP contribution in [0.3, 0.4) is 0 Å². The largest absolute Gasteiger partial charge is 0.550 e. The quantitative estimate of drug-likeness (QED) is 0.438. The van der Waals surface area contributed by atoms with Gasteiger partial charge in [-0.05, 0) is 27.7 Å². The second-order valence-electron chi connectivity index (χ2n) is 3.34. The summed E-state index contributed by atoms with van der Waals surface area (Å²) in [5.74, 6) is 0. The predicted molar refractivity (Wildman–Crippen MR) is 57.6 cm³/mol. The topological polar surface area (TPSA) is 134 Å². The molecule has 9 nitrogen and oxygen atoms in total. The maximum absolute atomic E-state index is 10.7. The Balaban J connectivity index is 0. The standard InChI is InChI=1S/C8H14O6.CH3NO2/c1-5(2)11-7(9)13-14-8(10)12-6(3)4;2-1(3)4/h5-6H,1-4H3;2H2,(H,3,4). The number of nitrogens with two attached hydrogens (primary N) is 1. The van der Waals surface area contributed by atoms with Gasteiger partial charge in [-0.25, -0.2) is 4.79 Å². The number of rotatable bonds is 2. The zero-order valence-corrected chi connectivity index (χ0v) is 10.5. The number of primary amides is 1. The first-order chi connectivity index (χ1) is 8.15. The molecule has 18 heavy (non-hydrogen) atoms. The fraction of sp³-hybridized carbons (Fsp3) is 0.667. The van der Waals surface area contributed by atoms with Gasteiger partial charge in [0.25, 0.3) is 0 Å². The zero-order chi connectivity index (χ0) is 14.7. The molecule has 3 N–H and O–H groups in total. The number of carboxylic acid groups (broad SMARTS) is 1. The van der Waals surface area contributed by atoms with Gasteiger partial charge in [0.1, 0.15) is 0 Å². The molecule has 0 aliphatic rings. The van der Waals surface area contributed by atoms with Crippen molar-refractivity contribution >= 4 is 18.4 Å². The molecule has 0 aromatic carbocycles. The normalized spacial score (nSPS) is 9.00. The number of carbonyl (C=O) groups is 3. The van der Waals surface area contributed by atoms with E-state index in [1.807, 2.05) is 0 Å². The Morgan fingerprint density at radius 3 is 1.28 bits per heavy atom. The fourth-order valence-corrected chi connectivity index (χ4v) is 0.492. The second-order valence-corrected chi connectivity index (χ2v) is 3.34. The van der Waals surface area contributed by atoms with Crippen molar-refractivity contribution in [3.63, 3.8) is 0 Å². The van der Waals surface area contributed by atoms with Crippen molar-refractivity contribution in [2.75, 3.05) is 0 Å². The van der Waals surface area contributed by atoms with E-state index in [-0.39, 0.29) is 12.2 Å². The summed E-state index contributed by atoms with van der Waals surface area (Å²) >= 11 is 0. The summed E-state index contributed by atoms with van der Waals surface area (Å²) < 4.78 is 9.02. The summed E-state index contributed by atoms with van der Waals surface area (Å²) in [5.41, 5.74) is 4.03. The Hall–Kier alpha value is -2.19. The minimum Gasteiger partial charge on any atom is -0.465 e. The Morgan fingerprint density at radius 2 is 1.11 bits per heavy atom. The number of hydrogen-bond donors (Lipinski definition) is 2. The van der Waals surface area contributed by atoms with Gasteiger partial charge in [0.05, 0.1) is 12.2 Å². The molecule has 9 heteroatoms. The molecule has 0 aromatic rings. The van der Waals surface area contributed by atoms with Crippen molar-refractivity contribution in [1.82, 2.24) is 0 Å². The fourth-order valence-electron chi connectivity index (χ4n) is 0.492. The lowest BCUT2D eigenvalue weighted by molar-refractivity contribution is -0.222. The van der Waals surface area contributed by atoms with E-state index in [0.29, 0.717) is 0 Å². The molecule has 0 aliphatic carbocycles. The van der Waals surface area contributed by atoms with E-state index in [9.17, 15) is 9.59 Å². The van der Waals surface area contributed by atoms with Crippen molar-refractivity contribution in [2.24, 2.45) is 5.73 Å². The maximum Gasteiger partial charge on any atom is 0.550 e. The Labute approximate surface area is 104 Å². The van der Waals surface area contributed by atoms with Crippen LogP contribution in [-0.4, -0.2) is 35.7 Å². The van der Waals surface area contributed by atoms with Crippen LogP contribution in [0.2, 0.25) is 0 Å². The molecule has 1 amide bonds. The molecule has 0 rings (SSSR count). The molecule has 0 heterocycles. The van der Waals surface area contributed by atoms with Crippen molar-refractivity contribution in [3.8, 4) is 0 Å². The van der Waals surface area contributed by atoms with Gasteiger partial charge in [-0.15, -0.1) is 0 Å². The Morgan fingerprint density at radius 1 is 0.889 bits per heavy atom. The molecule has 0 fully saturated rings. The van der Waals surface area contributed by atoms with Crippen molar-refractivity contribution < 1.29 is 38.7 Å². The van der Waals surface area contributed by atoms with Crippen LogP contribution in [0, 0.1) is 0 Å². The molecule has 0 aromatic heterocycles. The van der Waals surface area contributed by atoms with E-state index >= 15 is 0 Å². The first kappa shape index (κ1) is 18.2. The monoisotopic (exact) mass is 267 g/mol. The van der Waals surface area contributed by atoms with Gasteiger partial charge in [-0.2, -0.15) is 19.4 Å². The number of ether oxygens (including phenoxy) is 2. The van der Waals surface area contributed by atoms with Gasteiger partial charge in [0.2, 0.25) is 0 Å². The lowest BCUT2D eigenvalue weighted by Crippen LogP contribution is -2.18. The molecule has 0 radical (unpaired) electrons. The molecule has 0 spiro atoms. The van der Waals surface area contributed by atoms with Crippen LogP contribution in [0.25, 0.3) is 0 Å². The number of carbonyl (C=O) groups excluding carboxylic acids is 2. The van der Waals surface area contributed by atoms with Gasteiger partial charge >= 0.3 is 18.4 Å². The lowest BCUT2D eigenvalue weighted by atomic mass is 10.5. The zero-order valence-electron chi connectivity index (χ0n) is 10.5. The summed E-state index contributed by atoms with van der Waals surface area (Å²) in [4.78, 5) is 38.1. The van der Waals surface area contributed by atoms with Gasteiger partial charge in [0, 0.05) is 0 Å². The molecule has 0 saturated heterocycles. The van der Waals surface area contributed by atoms with Crippen LogP contribution in [0.1, 0.15) is 27.7 Å². The van der Waals surface area contributed by atoms with Crippen LogP contribution in [-0.2, 0) is 19.2 Å². The van der Waals surface area contributed by atoms with Gasteiger partial charge in [-0.3, -0.25) is 0 Å². The molecular weight excluding hydrogens is 250 g/mol. The van der Waals surface area contributed by atoms with Crippen LogP contribution < -0.4 is 5.73 Å². The van der Waals surface area contributed by atoms with Crippen molar-refractivity contribution in [2.45, 2.75) is 39.9 Å². The smallest absolute Gasteiger partial charge is 0.465 e. The van der Waals surface area contributed by atoms with E-state index < -0.39 is 18.4 Å². The average molecular weight is 267 g/mol. The highest BCUT2D eigenvalue weighted by molar-refractivity contribution is 5.63. The van der Waals surface area contributed by atoms with Crippen molar-refractivity contribution in [1.29, 1.82) is 0 Å². The summed E-state index contributed by atoms with van der Waals surface area (Å²) in [6, 6.07) is 0. The Bertz CT molecular complexity index is 250. The second kappa shape index (κ2) is 10.00. The average Bonchev–Trinajstić information content (AvgIpc) is 2.11. The van der Waals surface area contributed by atoms with E-state index in [2.05, 4.69) is 25.0 Å². The highest BCUT2D eigenvalue weighted by atomic mass is 17.3. The van der Waals surface area contributed by atoms with E-state index in [4.69, 9.17) is 9.90 Å². The minimum absolute atomic E-state index is 0.341. The lowest BCUT2D eigenvalue weighted by Gasteiger charge is -2.08. The molecule has 0 bridgehead atoms. The summed E-state index contributed by atoms with van der Waals surface area (Å²) in [6.07, 6.45) is -4.18. The summed E-state index contributed by atoms with van der Waals surface area (Å²) in [7, 11) is 0. The molecule has 0 saturated carbocycles. The number of hydrogen-bond acceptors (Lipinski definition) is 7. The highest BCUT2D eigenvalue weighted by Crippen LogP contribution is 1.97. The van der Waals surface area contributed by atoms with E-state index in [0.717, 1.165) is 0 Å². The first-order valence-electron chi connectivity index (χ1n) is 4.89. The van der Waals surface area contributed by atoms with Crippen LogP contribution >= 0.6 is 0 Å². The molecular formula is C9H17NO8. The highest BCUT2D eigenvalue weighted by Gasteiger charge is 2.13. The molecule has 106 valence electrons. The first-order valence-corrected chi connectivity index (χ1v) is 4.89. The maximum atomic E-state index is 10.7. The third-order valence-corrected chi connectivity index (χ3v) is 0.842. The SMILES string of the molecule is CC(C)OC(=O)OOC(=O)OC(C)C.NC(=O)O. The Kier molecular flexibility index (Phi) is 10.1. The van der Waals surface area contributed by atoms with Crippen LogP contribution in [0.15, 0.2) is 0 Å². The molecule has 0 unspecified atom stereocenters. The number of amides is 1. The van der Waals surface area contributed by atoms with Gasteiger partial charge < -0.3 is 20.3 Å². The minimum atomic E-state index is -1.33. The van der Waals surface area contributed by atoms with Crippen LogP contribution in [0.4, 0.5) is 14.4 Å². The third kappa shape index (κ3) is 19.4. The third-order valence-electron chi connectivity index (χ3n) is 0.842. The van der Waals surface area contributed by atoms with Gasteiger partial charge in [0.15, 0.2) is 0 Å². The van der Waals surface area contributed by atoms with E-state index in [1.54, 1.807) is 27.7 Å². The van der Waals surface area contributed by atoms with Crippen LogP contribution in [0.5, 0.6) is 0 Å². The summed E-state index contributed by atoms with van der Waals surface area (Å²) in [5, 5.41) is 7.19. The predicted octanol–water partition coefficient (Wildman–Crippen LogP) is 1.65. The van der Waals surface area contributed by atoms with Gasteiger partial charge in [-0.1, -0.05) is 0 Å².